The second-order valence-electron chi connectivity index (χ2n) is 9.30. The van der Waals surface area contributed by atoms with E-state index in [9.17, 15) is 26.7 Å². The maximum Gasteiger partial charge on any atom is 0.453 e. The summed E-state index contributed by atoms with van der Waals surface area (Å²) in [7, 11) is 1.52. The van der Waals surface area contributed by atoms with Crippen molar-refractivity contribution in [2.75, 3.05) is 11.1 Å². The Morgan fingerprint density at radius 1 is 1.13 bits per heavy atom. The first-order valence-corrected chi connectivity index (χ1v) is 11.8. The van der Waals surface area contributed by atoms with Gasteiger partial charge >= 0.3 is 12.1 Å². The highest BCUT2D eigenvalue weighted by molar-refractivity contribution is 6.09. The Balaban J connectivity index is 1.58. The van der Waals surface area contributed by atoms with Crippen LogP contribution in [0, 0.1) is 0 Å². The number of nitrogens with two attached hydrogens (primary N) is 1. The van der Waals surface area contributed by atoms with Crippen molar-refractivity contribution in [1.82, 2.24) is 44.7 Å². The number of amides is 1. The first kappa shape index (κ1) is 26.3. The molecule has 1 unspecified atom stereocenters. The summed E-state index contributed by atoms with van der Waals surface area (Å²) in [6.07, 6.45) is -4.24. The highest BCUT2D eigenvalue weighted by Gasteiger charge is 2.56. The molecule has 5 rings (SSSR count). The van der Waals surface area contributed by atoms with Gasteiger partial charge in [-0.3, -0.25) is 14.2 Å². The number of aryl methyl sites for hydroxylation is 3. The summed E-state index contributed by atoms with van der Waals surface area (Å²) >= 11 is 0. The average Bonchev–Trinajstić information content (AvgIpc) is 3.54. The lowest BCUT2D eigenvalue weighted by atomic mass is 9.81. The molecule has 4 aromatic rings. The van der Waals surface area contributed by atoms with Crippen molar-refractivity contribution in [3.63, 3.8) is 0 Å². The quantitative estimate of drug-likeness (QED) is 0.330. The fourth-order valence-corrected chi connectivity index (χ4v) is 4.38. The first-order valence-electron chi connectivity index (χ1n) is 11.8. The summed E-state index contributed by atoms with van der Waals surface area (Å²) in [5, 5.41) is 15.2. The summed E-state index contributed by atoms with van der Waals surface area (Å²) in [6.45, 7) is 4.17. The zero-order valence-electron chi connectivity index (χ0n) is 20.9. The number of alkyl halides is 5. The second-order valence-corrected chi connectivity index (χ2v) is 9.30. The summed E-state index contributed by atoms with van der Waals surface area (Å²) in [4.78, 5) is 30.2. The van der Waals surface area contributed by atoms with E-state index < -0.39 is 36.3 Å². The van der Waals surface area contributed by atoms with E-state index in [0.717, 1.165) is 6.42 Å². The van der Waals surface area contributed by atoms with Crippen LogP contribution in [0.5, 0.6) is 0 Å². The van der Waals surface area contributed by atoms with Crippen LogP contribution in [0.1, 0.15) is 43.8 Å². The third kappa shape index (κ3) is 4.21. The van der Waals surface area contributed by atoms with Crippen LogP contribution in [0.3, 0.4) is 0 Å². The topological polar surface area (TPSA) is 155 Å². The molecule has 1 aliphatic rings. The van der Waals surface area contributed by atoms with Gasteiger partial charge < -0.3 is 11.1 Å². The van der Waals surface area contributed by atoms with Crippen molar-refractivity contribution >= 4 is 28.6 Å². The van der Waals surface area contributed by atoms with Gasteiger partial charge in [0.25, 0.3) is 0 Å². The molecule has 0 aliphatic carbocycles. The van der Waals surface area contributed by atoms with Gasteiger partial charge in [0, 0.05) is 32.6 Å². The van der Waals surface area contributed by atoms with E-state index in [0.29, 0.717) is 17.6 Å². The molecule has 1 aliphatic heterocycles. The molecule has 5 heterocycles. The van der Waals surface area contributed by atoms with Gasteiger partial charge in [0.15, 0.2) is 11.5 Å². The molecule has 4 aromatic heterocycles. The molecule has 0 fully saturated rings. The van der Waals surface area contributed by atoms with Crippen molar-refractivity contribution in [3.05, 3.63) is 29.5 Å². The van der Waals surface area contributed by atoms with Crippen molar-refractivity contribution in [3.8, 4) is 11.5 Å². The van der Waals surface area contributed by atoms with Crippen LogP contribution in [-0.2, 0) is 30.2 Å². The van der Waals surface area contributed by atoms with Crippen LogP contribution in [0.15, 0.2) is 12.4 Å². The fraction of sp³-hybridized carbons (Fsp3) is 0.455. The van der Waals surface area contributed by atoms with Gasteiger partial charge in [-0.2, -0.15) is 27.1 Å². The fourth-order valence-electron chi connectivity index (χ4n) is 4.38. The van der Waals surface area contributed by atoms with Crippen molar-refractivity contribution in [1.29, 1.82) is 0 Å². The number of anilines is 2. The van der Waals surface area contributed by atoms with E-state index >= 15 is 0 Å². The molecule has 0 aromatic carbocycles. The minimum atomic E-state index is -5.71. The summed E-state index contributed by atoms with van der Waals surface area (Å²) in [5.74, 6) is -5.80. The van der Waals surface area contributed by atoms with Crippen molar-refractivity contribution < 1.29 is 26.7 Å². The molecule has 0 saturated heterocycles. The van der Waals surface area contributed by atoms with Crippen LogP contribution in [0.4, 0.5) is 33.6 Å². The number of fused-ring (bicyclic) bond motifs is 2. The highest BCUT2D eigenvalue weighted by Crippen LogP contribution is 2.44. The minimum Gasteiger partial charge on any atom is -0.383 e. The molecule has 0 radical (unpaired) electrons. The van der Waals surface area contributed by atoms with Crippen LogP contribution in [0.25, 0.3) is 22.6 Å². The Bertz CT molecular complexity index is 1600. The summed E-state index contributed by atoms with van der Waals surface area (Å²) in [5.41, 5.74) is 5.73. The van der Waals surface area contributed by atoms with Gasteiger partial charge in [-0.25, -0.2) is 19.9 Å². The second kappa shape index (κ2) is 8.88. The van der Waals surface area contributed by atoms with Gasteiger partial charge in [0.1, 0.15) is 34.3 Å². The molecule has 0 bridgehead atoms. The molecule has 39 heavy (non-hydrogen) atoms. The van der Waals surface area contributed by atoms with E-state index in [4.69, 9.17) is 5.73 Å². The minimum absolute atomic E-state index is 0.00432. The summed E-state index contributed by atoms with van der Waals surface area (Å²) < 4.78 is 68.1. The van der Waals surface area contributed by atoms with Crippen molar-refractivity contribution in [2.45, 2.75) is 57.2 Å². The third-order valence-electron chi connectivity index (χ3n) is 6.55. The van der Waals surface area contributed by atoms with Gasteiger partial charge in [-0.1, -0.05) is 12.1 Å². The van der Waals surface area contributed by atoms with E-state index in [1.165, 1.54) is 17.9 Å². The lowest BCUT2D eigenvalue weighted by Gasteiger charge is -2.20. The third-order valence-corrected chi connectivity index (χ3v) is 6.55. The van der Waals surface area contributed by atoms with Crippen LogP contribution < -0.4 is 11.1 Å². The van der Waals surface area contributed by atoms with Crippen LogP contribution in [-0.4, -0.2) is 62.7 Å². The molecule has 3 N–H and O–H groups in total. The van der Waals surface area contributed by atoms with Crippen molar-refractivity contribution in [2.24, 2.45) is 7.05 Å². The maximum absolute atomic E-state index is 13.6. The molecule has 1 amide bonds. The molecule has 17 heteroatoms. The number of aromatic nitrogens is 9. The average molecular weight is 551 g/mol. The lowest BCUT2D eigenvalue weighted by molar-refractivity contribution is -0.284. The van der Waals surface area contributed by atoms with E-state index in [1.54, 1.807) is 17.8 Å². The van der Waals surface area contributed by atoms with Gasteiger partial charge in [-0.15, -0.1) is 5.10 Å². The molecule has 0 saturated carbocycles. The maximum atomic E-state index is 13.6. The molecule has 1 atom stereocenters. The zero-order chi connectivity index (χ0) is 28.3. The van der Waals surface area contributed by atoms with Gasteiger partial charge in [-0.05, 0) is 13.3 Å². The predicted molar refractivity (Wildman–Crippen MR) is 126 cm³/mol. The Labute approximate surface area is 216 Å². The van der Waals surface area contributed by atoms with Gasteiger partial charge in [0.2, 0.25) is 5.91 Å². The molecule has 0 spiro atoms. The van der Waals surface area contributed by atoms with Crippen LogP contribution in [0.2, 0.25) is 0 Å². The Morgan fingerprint density at radius 2 is 1.87 bits per heavy atom. The number of carbonyl (C=O) groups excluding carboxylic acids is 1. The van der Waals surface area contributed by atoms with E-state index in [-0.39, 0.29) is 40.2 Å². The van der Waals surface area contributed by atoms with Gasteiger partial charge in [0.05, 0.1) is 17.1 Å². The molecular weight excluding hydrogens is 529 g/mol. The lowest BCUT2D eigenvalue weighted by Crippen LogP contribution is -2.36. The first-order chi connectivity index (χ1) is 18.3. The normalized spacial score (nSPS) is 17.6. The number of rotatable bonds is 7. The standard InChI is InChI=1S/C22H22F5N11O/c1-4-7-38-9-11(35-36-38)20(2)13-15(28)32-17(33-16(13)34-19(20)39)14-10-8-29-37(3)18(10)31-12(30-14)5-6-21(23,24)22(25,26)27/h8-9H,4-7H2,1-3H3,(H3,28,32,33,34,39). The number of carbonyl (C=O) groups is 1. The Morgan fingerprint density at radius 3 is 2.56 bits per heavy atom. The number of nitrogen functional groups attached to an aromatic ring is 1. The highest BCUT2D eigenvalue weighted by atomic mass is 19.4. The number of nitrogens with zero attached hydrogens (tertiary/aromatic N) is 9. The molecular formula is C22H22F5N11O. The number of hydrogen-bond donors (Lipinski definition) is 2. The molecule has 206 valence electrons. The zero-order valence-corrected chi connectivity index (χ0v) is 20.9. The Kier molecular flexibility index (Phi) is 5.99. The van der Waals surface area contributed by atoms with E-state index in [1.807, 2.05) is 6.92 Å². The largest absolute Gasteiger partial charge is 0.453 e. The van der Waals surface area contributed by atoms with E-state index in [2.05, 4.69) is 40.7 Å². The summed E-state index contributed by atoms with van der Waals surface area (Å²) in [6, 6.07) is 0. The van der Waals surface area contributed by atoms with Crippen LogP contribution >= 0.6 is 0 Å². The monoisotopic (exact) mass is 551 g/mol. The Hall–Kier alpha value is -4.31. The number of nitrogens with one attached hydrogen (secondary N) is 1. The SMILES string of the molecule is CCCn1cc(C2(C)C(=O)Nc3nc(-c4nc(CCC(F)(F)C(F)(F)F)nc5c4cnn5C)nc(N)c32)nn1. The molecule has 12 nitrogen and oxygen atoms in total. The smallest absolute Gasteiger partial charge is 0.383 e. The number of halogens is 5. The number of hydrogen-bond acceptors (Lipinski definition) is 9. The predicted octanol–water partition coefficient (Wildman–Crippen LogP) is 2.79.